The molecular weight excluding hydrogens is 498 g/mol. The van der Waals surface area contributed by atoms with E-state index < -0.39 is 11.9 Å². The van der Waals surface area contributed by atoms with Crippen LogP contribution < -0.4 is 20.3 Å². The van der Waals surface area contributed by atoms with E-state index in [-0.39, 0.29) is 17.7 Å². The molecule has 0 aliphatic carbocycles. The molecule has 1 N–H and O–H groups in total. The number of fused-ring (bicyclic) bond motifs is 1. The lowest BCUT2D eigenvalue weighted by Crippen LogP contribution is -2.22. The number of anilines is 1. The fraction of sp³-hybridized carbons (Fsp3) is 0.267. The van der Waals surface area contributed by atoms with Gasteiger partial charge in [-0.15, -0.1) is 0 Å². The third kappa shape index (κ3) is 6.62. The summed E-state index contributed by atoms with van der Waals surface area (Å²) >= 11 is 0. The Balaban J connectivity index is 1.95. The van der Waals surface area contributed by atoms with Crippen LogP contribution in [-0.2, 0) is 16.1 Å². The summed E-state index contributed by atoms with van der Waals surface area (Å²) in [5, 5.41) is 3.52. The van der Waals surface area contributed by atoms with E-state index in [2.05, 4.69) is 10.3 Å². The number of carbonyl (C=O) groups excluding carboxylic acids is 2. The minimum atomic E-state index is -0.428. The van der Waals surface area contributed by atoms with Crippen molar-refractivity contribution in [1.82, 2.24) is 4.98 Å². The summed E-state index contributed by atoms with van der Waals surface area (Å²) in [4.78, 5) is 34.2. The van der Waals surface area contributed by atoms with Crippen LogP contribution in [0.4, 0.5) is 11.4 Å². The van der Waals surface area contributed by atoms with E-state index in [0.717, 1.165) is 5.56 Å². The molecule has 9 heteroatoms. The summed E-state index contributed by atoms with van der Waals surface area (Å²) in [7, 11) is 0. The molecule has 0 bridgehead atoms. The number of aromatic nitrogens is 1. The van der Waals surface area contributed by atoms with Crippen molar-refractivity contribution < 1.29 is 28.2 Å². The van der Waals surface area contributed by atoms with Gasteiger partial charge >= 0.3 is 5.97 Å². The number of nitrogens with zero attached hydrogens (tertiary/aromatic N) is 2. The molecule has 1 amide bonds. The molecule has 2 aromatic carbocycles. The van der Waals surface area contributed by atoms with Crippen molar-refractivity contribution in [3.05, 3.63) is 82.7 Å². The average molecular weight is 530 g/mol. The highest BCUT2D eigenvalue weighted by molar-refractivity contribution is 6.05. The third-order valence-electron chi connectivity index (χ3n) is 5.77. The quantitative estimate of drug-likeness (QED) is 0.273. The predicted molar refractivity (Wildman–Crippen MR) is 147 cm³/mol. The number of aryl methyl sites for hydroxylation is 2. The predicted octanol–water partition coefficient (Wildman–Crippen LogP) is 5.79. The Morgan fingerprint density at radius 1 is 1.03 bits per heavy atom. The number of rotatable bonds is 9. The number of pyridine rings is 1. The van der Waals surface area contributed by atoms with E-state index in [0.29, 0.717) is 58.3 Å². The summed E-state index contributed by atoms with van der Waals surface area (Å²) < 4.78 is 22.9. The molecule has 202 valence electrons. The van der Waals surface area contributed by atoms with Gasteiger partial charge in [-0.25, -0.2) is 4.99 Å². The monoisotopic (exact) mass is 529 g/mol. The van der Waals surface area contributed by atoms with Gasteiger partial charge in [0.2, 0.25) is 5.55 Å². The first kappa shape index (κ1) is 27.4. The second-order valence-electron chi connectivity index (χ2n) is 8.79. The molecule has 4 aromatic rings. The van der Waals surface area contributed by atoms with Gasteiger partial charge in [0.15, 0.2) is 5.58 Å². The van der Waals surface area contributed by atoms with E-state index in [1.807, 2.05) is 39.0 Å². The Kier molecular flexibility index (Phi) is 8.60. The number of ether oxygens (including phenoxy) is 3. The normalized spacial score (nSPS) is 11.4. The van der Waals surface area contributed by atoms with Gasteiger partial charge in [0, 0.05) is 35.8 Å². The lowest BCUT2D eigenvalue weighted by atomic mass is 10.1. The average Bonchev–Trinajstić information content (AvgIpc) is 2.90. The minimum absolute atomic E-state index is 0.0189. The number of hydrogen-bond acceptors (Lipinski definition) is 8. The van der Waals surface area contributed by atoms with Crippen molar-refractivity contribution in [2.24, 2.45) is 4.99 Å². The van der Waals surface area contributed by atoms with E-state index in [9.17, 15) is 9.59 Å². The Hall–Kier alpha value is -4.66. The molecule has 39 heavy (non-hydrogen) atoms. The van der Waals surface area contributed by atoms with Crippen LogP contribution in [0.2, 0.25) is 0 Å². The van der Waals surface area contributed by atoms with E-state index in [1.54, 1.807) is 43.5 Å². The lowest BCUT2D eigenvalue weighted by molar-refractivity contribution is -0.142. The van der Waals surface area contributed by atoms with Gasteiger partial charge in [0.05, 0.1) is 18.9 Å². The second kappa shape index (κ2) is 12.3. The number of nitrogens with one attached hydrogen (secondary N) is 1. The maximum absolute atomic E-state index is 13.6. The summed E-state index contributed by atoms with van der Waals surface area (Å²) in [6.45, 7) is 9.72. The van der Waals surface area contributed by atoms with Crippen molar-refractivity contribution >= 4 is 34.2 Å². The summed E-state index contributed by atoms with van der Waals surface area (Å²) in [5.74, 6) is 0.270. The number of benzene rings is 2. The van der Waals surface area contributed by atoms with Crippen LogP contribution in [-0.4, -0.2) is 30.1 Å². The molecule has 0 unspecified atom stereocenters. The largest absolute Gasteiger partial charge is 0.494 e. The van der Waals surface area contributed by atoms with Crippen molar-refractivity contribution in [3.63, 3.8) is 0 Å². The third-order valence-corrected chi connectivity index (χ3v) is 5.77. The molecule has 0 aliphatic heterocycles. The fourth-order valence-electron chi connectivity index (χ4n) is 3.98. The van der Waals surface area contributed by atoms with Gasteiger partial charge in [0.1, 0.15) is 29.4 Å². The van der Waals surface area contributed by atoms with Crippen molar-refractivity contribution in [3.8, 4) is 11.5 Å². The van der Waals surface area contributed by atoms with Gasteiger partial charge in [0.25, 0.3) is 5.91 Å². The van der Waals surface area contributed by atoms with Crippen LogP contribution in [0.15, 0.2) is 64.1 Å². The number of carbonyl (C=O) groups is 2. The van der Waals surface area contributed by atoms with Crippen molar-refractivity contribution in [1.29, 1.82) is 0 Å². The van der Waals surface area contributed by atoms with Crippen molar-refractivity contribution in [2.45, 2.75) is 41.2 Å². The topological polar surface area (TPSA) is 112 Å². The Morgan fingerprint density at radius 2 is 1.82 bits per heavy atom. The van der Waals surface area contributed by atoms with Gasteiger partial charge in [-0.3, -0.25) is 14.6 Å². The molecule has 4 rings (SSSR count). The van der Waals surface area contributed by atoms with Gasteiger partial charge < -0.3 is 23.9 Å². The number of hydrogen-bond donors (Lipinski definition) is 1. The lowest BCUT2D eigenvalue weighted by Gasteiger charge is -2.12. The summed E-state index contributed by atoms with van der Waals surface area (Å²) in [6, 6.07) is 14.5. The van der Waals surface area contributed by atoms with Gasteiger partial charge in [-0.2, -0.15) is 0 Å². The maximum Gasteiger partial charge on any atom is 0.302 e. The smallest absolute Gasteiger partial charge is 0.302 e. The molecule has 0 saturated carbocycles. The molecule has 0 atom stereocenters. The van der Waals surface area contributed by atoms with Crippen LogP contribution in [0.5, 0.6) is 11.5 Å². The zero-order valence-electron chi connectivity index (χ0n) is 22.7. The molecule has 0 fully saturated rings. The van der Waals surface area contributed by atoms with Gasteiger partial charge in [-0.1, -0.05) is 12.1 Å². The molecule has 0 radical (unpaired) electrons. The molecule has 0 spiro atoms. The molecule has 0 saturated heterocycles. The number of amides is 1. The van der Waals surface area contributed by atoms with Gasteiger partial charge in [-0.05, 0) is 63.6 Å². The highest BCUT2D eigenvalue weighted by Crippen LogP contribution is 2.32. The van der Waals surface area contributed by atoms with E-state index in [1.165, 1.54) is 6.92 Å². The zero-order valence-corrected chi connectivity index (χ0v) is 22.7. The van der Waals surface area contributed by atoms with Crippen LogP contribution in [0.3, 0.4) is 0 Å². The Labute approximate surface area is 226 Å². The fourth-order valence-corrected chi connectivity index (χ4v) is 3.98. The summed E-state index contributed by atoms with van der Waals surface area (Å²) in [6.07, 6.45) is 1.61. The van der Waals surface area contributed by atoms with Crippen LogP contribution in [0, 0.1) is 13.8 Å². The van der Waals surface area contributed by atoms with E-state index >= 15 is 0 Å². The molecule has 0 aliphatic rings. The van der Waals surface area contributed by atoms with Crippen LogP contribution >= 0.6 is 0 Å². The Bertz CT molecular complexity index is 1590. The van der Waals surface area contributed by atoms with E-state index in [4.69, 9.17) is 23.6 Å². The Morgan fingerprint density at radius 3 is 2.54 bits per heavy atom. The second-order valence-corrected chi connectivity index (χ2v) is 8.79. The molecule has 2 heterocycles. The number of esters is 1. The van der Waals surface area contributed by atoms with Crippen LogP contribution in [0.25, 0.3) is 11.0 Å². The van der Waals surface area contributed by atoms with Crippen LogP contribution in [0.1, 0.15) is 48.0 Å². The maximum atomic E-state index is 13.6. The first-order chi connectivity index (χ1) is 18.8. The van der Waals surface area contributed by atoms with Crippen molar-refractivity contribution in [2.75, 3.05) is 18.5 Å². The zero-order chi connectivity index (χ0) is 27.9. The molecule has 9 nitrogen and oxygen atoms in total. The highest BCUT2D eigenvalue weighted by atomic mass is 16.5. The standard InChI is InChI=1S/C30H31N3O6/c1-6-36-23-11-12-27(37-7-2)26(14-23)33-30-25(29(35)32-22-10-8-9-18(3)13-22)15-24-21(17-38-20(5)34)16-31-19(4)28(24)39-30/h8-16H,6-7,17H2,1-5H3,(H,32,35). The highest BCUT2D eigenvalue weighted by Gasteiger charge is 2.18. The molecule has 2 aromatic heterocycles. The minimum Gasteiger partial charge on any atom is -0.494 e. The molecular formula is C30H31N3O6. The first-order valence-corrected chi connectivity index (χ1v) is 12.7. The SMILES string of the molecule is CCOc1ccc(OCC)c(N=c2oc3c(C)ncc(COC(C)=O)c3cc2C(=O)Nc2cccc(C)c2)c1. The summed E-state index contributed by atoms with van der Waals surface area (Å²) in [5.41, 5.74) is 3.93. The first-order valence-electron chi connectivity index (χ1n) is 12.7.